The zero-order chi connectivity index (χ0) is 14.2. The molecule has 0 N–H and O–H groups in total. The average molecular weight is 262 g/mol. The average Bonchev–Trinajstić information content (AvgIpc) is 2.52. The van der Waals surface area contributed by atoms with Gasteiger partial charge in [0.25, 0.3) is 0 Å². The molecule has 0 unspecified atom stereocenters. The zero-order valence-electron chi connectivity index (χ0n) is 11.0. The third-order valence-electron chi connectivity index (χ3n) is 2.64. The Morgan fingerprint density at radius 2 is 2.05 bits per heavy atom. The maximum absolute atomic E-state index is 9.29. The highest BCUT2D eigenvalue weighted by Gasteiger charge is 2.05. The van der Waals surface area contributed by atoms with Crippen LogP contribution < -0.4 is 4.74 Å². The van der Waals surface area contributed by atoms with Gasteiger partial charge in [0.1, 0.15) is 18.4 Å². The first kappa shape index (κ1) is 13.6. The molecular formula is C17H14N2O. The number of pyridine rings is 1. The van der Waals surface area contributed by atoms with Gasteiger partial charge in [-0.25, -0.2) is 0 Å². The van der Waals surface area contributed by atoms with Gasteiger partial charge in [-0.1, -0.05) is 36.9 Å². The first-order chi connectivity index (χ1) is 9.85. The minimum absolute atomic E-state index is 0.427. The molecule has 1 heterocycles. The van der Waals surface area contributed by atoms with Gasteiger partial charge in [-0.15, -0.1) is 0 Å². The van der Waals surface area contributed by atoms with Crippen LogP contribution in [0.4, 0.5) is 0 Å². The summed E-state index contributed by atoms with van der Waals surface area (Å²) in [4.78, 5) is 4.19. The Morgan fingerprint density at radius 1 is 1.25 bits per heavy atom. The summed E-state index contributed by atoms with van der Waals surface area (Å²) in [5.41, 5.74) is 1.99. The summed E-state index contributed by atoms with van der Waals surface area (Å²) in [6.07, 6.45) is 5.13. The maximum atomic E-state index is 9.29. The van der Waals surface area contributed by atoms with Crippen LogP contribution in [0, 0.1) is 11.3 Å². The maximum Gasteiger partial charge on any atom is 0.127 e. The Balaban J connectivity index is 2.38. The van der Waals surface area contributed by atoms with Gasteiger partial charge >= 0.3 is 0 Å². The zero-order valence-corrected chi connectivity index (χ0v) is 11.0. The largest absolute Gasteiger partial charge is 0.489 e. The Hall–Kier alpha value is -2.86. The molecule has 0 saturated heterocycles. The second kappa shape index (κ2) is 6.91. The first-order valence-electron chi connectivity index (χ1n) is 6.21. The van der Waals surface area contributed by atoms with E-state index >= 15 is 0 Å². The standard InChI is InChI=1S/C17H14N2O/c1-2-11-20-17-9-4-3-7-14(17)12-15(13-18)16-8-5-6-10-19-16/h2-10,12H,1,11H2/b15-12+. The molecule has 3 heteroatoms. The van der Waals surface area contributed by atoms with Gasteiger partial charge in [-0.05, 0) is 24.3 Å². The number of benzene rings is 1. The van der Waals surface area contributed by atoms with Gasteiger partial charge in [0.15, 0.2) is 0 Å². The second-order valence-corrected chi connectivity index (χ2v) is 4.02. The van der Waals surface area contributed by atoms with Gasteiger partial charge < -0.3 is 4.74 Å². The van der Waals surface area contributed by atoms with Crippen LogP contribution in [-0.2, 0) is 0 Å². The summed E-state index contributed by atoms with van der Waals surface area (Å²) in [5, 5.41) is 9.29. The number of nitriles is 1. The van der Waals surface area contributed by atoms with Crippen molar-refractivity contribution < 1.29 is 4.74 Å². The number of ether oxygens (including phenoxy) is 1. The molecule has 0 saturated carbocycles. The molecular weight excluding hydrogens is 248 g/mol. The van der Waals surface area contributed by atoms with Gasteiger partial charge in [-0.3, -0.25) is 4.98 Å². The Bertz CT molecular complexity index is 654. The predicted octanol–water partition coefficient (Wildman–Crippen LogP) is 3.71. The number of aromatic nitrogens is 1. The molecule has 0 bridgehead atoms. The summed E-state index contributed by atoms with van der Waals surface area (Å²) in [6.45, 7) is 4.05. The van der Waals surface area contributed by atoms with Gasteiger partial charge in [0.05, 0.1) is 11.3 Å². The summed E-state index contributed by atoms with van der Waals surface area (Å²) in [7, 11) is 0. The highest BCUT2D eigenvalue weighted by atomic mass is 16.5. The van der Waals surface area contributed by atoms with E-state index in [-0.39, 0.29) is 0 Å². The molecule has 0 atom stereocenters. The van der Waals surface area contributed by atoms with Crippen LogP contribution >= 0.6 is 0 Å². The number of rotatable bonds is 5. The lowest BCUT2D eigenvalue weighted by atomic mass is 10.1. The molecule has 1 aromatic carbocycles. The molecule has 2 rings (SSSR count). The molecule has 0 amide bonds. The molecule has 0 aliphatic carbocycles. The molecule has 3 nitrogen and oxygen atoms in total. The van der Waals surface area contributed by atoms with Crippen molar-refractivity contribution in [3.63, 3.8) is 0 Å². The molecule has 2 aromatic rings. The lowest BCUT2D eigenvalue weighted by Crippen LogP contribution is -1.95. The summed E-state index contributed by atoms with van der Waals surface area (Å²) >= 11 is 0. The topological polar surface area (TPSA) is 45.9 Å². The second-order valence-electron chi connectivity index (χ2n) is 4.02. The number of nitrogens with zero attached hydrogens (tertiary/aromatic N) is 2. The van der Waals surface area contributed by atoms with Crippen molar-refractivity contribution in [3.05, 3.63) is 72.6 Å². The fraction of sp³-hybridized carbons (Fsp3) is 0.0588. The number of para-hydroxylation sites is 1. The van der Waals surface area contributed by atoms with E-state index in [0.29, 0.717) is 17.9 Å². The minimum atomic E-state index is 0.427. The quantitative estimate of drug-likeness (QED) is 0.609. The minimum Gasteiger partial charge on any atom is -0.489 e. The van der Waals surface area contributed by atoms with Crippen molar-refractivity contribution in [1.82, 2.24) is 4.98 Å². The van der Waals surface area contributed by atoms with Crippen LogP contribution in [0.3, 0.4) is 0 Å². The fourth-order valence-corrected chi connectivity index (χ4v) is 1.72. The van der Waals surface area contributed by atoms with E-state index in [2.05, 4.69) is 17.6 Å². The van der Waals surface area contributed by atoms with E-state index in [0.717, 1.165) is 11.3 Å². The predicted molar refractivity (Wildman–Crippen MR) is 79.9 cm³/mol. The normalized spacial score (nSPS) is 10.7. The summed E-state index contributed by atoms with van der Waals surface area (Å²) in [6, 6.07) is 15.2. The van der Waals surface area contributed by atoms with Gasteiger partial charge in [-0.2, -0.15) is 5.26 Å². The molecule has 0 aliphatic heterocycles. The van der Waals surface area contributed by atoms with Crippen LogP contribution in [0.5, 0.6) is 5.75 Å². The molecule has 0 radical (unpaired) electrons. The van der Waals surface area contributed by atoms with Crippen molar-refractivity contribution in [2.75, 3.05) is 6.61 Å². The highest BCUT2D eigenvalue weighted by molar-refractivity contribution is 5.89. The smallest absolute Gasteiger partial charge is 0.127 e. The van der Waals surface area contributed by atoms with Crippen molar-refractivity contribution in [3.8, 4) is 11.8 Å². The van der Waals surface area contributed by atoms with E-state index in [1.807, 2.05) is 42.5 Å². The molecule has 0 aliphatic rings. The fourth-order valence-electron chi connectivity index (χ4n) is 1.72. The van der Waals surface area contributed by atoms with Crippen LogP contribution in [0.25, 0.3) is 11.6 Å². The van der Waals surface area contributed by atoms with Crippen LogP contribution in [0.2, 0.25) is 0 Å². The lowest BCUT2D eigenvalue weighted by Gasteiger charge is -2.07. The van der Waals surface area contributed by atoms with E-state index < -0.39 is 0 Å². The summed E-state index contributed by atoms with van der Waals surface area (Å²) < 4.78 is 5.58. The van der Waals surface area contributed by atoms with Crippen molar-refractivity contribution in [2.45, 2.75) is 0 Å². The summed E-state index contributed by atoms with van der Waals surface area (Å²) in [5.74, 6) is 0.719. The van der Waals surface area contributed by atoms with E-state index in [4.69, 9.17) is 4.74 Å². The Morgan fingerprint density at radius 3 is 2.75 bits per heavy atom. The lowest BCUT2D eigenvalue weighted by molar-refractivity contribution is 0.362. The third kappa shape index (κ3) is 3.33. The van der Waals surface area contributed by atoms with Crippen LogP contribution in [0.15, 0.2) is 61.3 Å². The Kier molecular flexibility index (Phi) is 4.69. The van der Waals surface area contributed by atoms with E-state index in [1.54, 1.807) is 18.3 Å². The molecule has 20 heavy (non-hydrogen) atoms. The van der Waals surface area contributed by atoms with Crippen molar-refractivity contribution in [1.29, 1.82) is 5.26 Å². The first-order valence-corrected chi connectivity index (χ1v) is 6.21. The van der Waals surface area contributed by atoms with Gasteiger partial charge in [0, 0.05) is 11.8 Å². The monoisotopic (exact) mass is 262 g/mol. The number of hydrogen-bond acceptors (Lipinski definition) is 3. The van der Waals surface area contributed by atoms with Crippen molar-refractivity contribution in [2.24, 2.45) is 0 Å². The Labute approximate surface area is 118 Å². The molecule has 0 spiro atoms. The van der Waals surface area contributed by atoms with Crippen LogP contribution in [0.1, 0.15) is 11.3 Å². The number of hydrogen-bond donors (Lipinski definition) is 0. The molecule has 0 fully saturated rings. The van der Waals surface area contributed by atoms with E-state index in [1.165, 1.54) is 0 Å². The molecule has 1 aromatic heterocycles. The van der Waals surface area contributed by atoms with Crippen LogP contribution in [-0.4, -0.2) is 11.6 Å². The SMILES string of the molecule is C=CCOc1ccccc1/C=C(\C#N)c1ccccn1. The van der Waals surface area contributed by atoms with Gasteiger partial charge in [0.2, 0.25) is 0 Å². The van der Waals surface area contributed by atoms with Crippen molar-refractivity contribution >= 4 is 11.6 Å². The molecule has 98 valence electrons. The number of allylic oxidation sites excluding steroid dienone is 1. The highest BCUT2D eigenvalue weighted by Crippen LogP contribution is 2.23. The van der Waals surface area contributed by atoms with E-state index in [9.17, 15) is 5.26 Å². The third-order valence-corrected chi connectivity index (χ3v) is 2.64.